The van der Waals surface area contributed by atoms with Crippen LogP contribution >= 0.6 is 11.6 Å². The number of fused-ring (bicyclic) bond motifs is 2. The van der Waals surface area contributed by atoms with Crippen LogP contribution < -0.4 is 14.4 Å². The molecule has 3 aromatic carbocycles. The number of benzene rings is 3. The third-order valence-electron chi connectivity index (χ3n) is 7.14. The fraction of sp³-hybridized carbons (Fsp3) is 0.267. The normalized spacial score (nSPS) is 19.6. The molecule has 1 saturated heterocycles. The largest absolute Gasteiger partial charge is 0.486 e. The lowest BCUT2D eigenvalue weighted by molar-refractivity contribution is 0.0430. The van der Waals surface area contributed by atoms with Crippen LogP contribution in [0.1, 0.15) is 26.3 Å². The van der Waals surface area contributed by atoms with E-state index < -0.39 is 6.10 Å². The van der Waals surface area contributed by atoms with Gasteiger partial charge in [-0.3, -0.25) is 19.4 Å². The minimum Gasteiger partial charge on any atom is -0.486 e. The van der Waals surface area contributed by atoms with Gasteiger partial charge in [0.1, 0.15) is 6.61 Å². The van der Waals surface area contributed by atoms with E-state index in [9.17, 15) is 9.59 Å². The predicted molar refractivity (Wildman–Crippen MR) is 147 cm³/mol. The second kappa shape index (κ2) is 10.5. The maximum atomic E-state index is 13.5. The van der Waals surface area contributed by atoms with Crippen molar-refractivity contribution in [3.63, 3.8) is 0 Å². The Morgan fingerprint density at radius 1 is 0.868 bits per heavy atom. The second-order valence-corrected chi connectivity index (χ2v) is 10.2. The van der Waals surface area contributed by atoms with Crippen LogP contribution in [0.15, 0.2) is 77.8 Å². The summed E-state index contributed by atoms with van der Waals surface area (Å²) >= 11 is 6.54. The molecule has 1 fully saturated rings. The highest BCUT2D eigenvalue weighted by molar-refractivity contribution is 6.31. The number of hydrogen-bond donors (Lipinski definition) is 0. The Morgan fingerprint density at radius 2 is 1.61 bits per heavy atom. The van der Waals surface area contributed by atoms with Gasteiger partial charge in [0.15, 0.2) is 17.6 Å². The van der Waals surface area contributed by atoms with Gasteiger partial charge in [0.25, 0.3) is 11.8 Å². The standard InChI is InChI=1S/C30H28ClN3O4/c31-22(17-21-7-2-1-3-8-21)18-32-13-15-33(16-14-32)25-10-6-9-24-28(25)30(36)34(29(24)35)19-23-20-37-26-11-4-5-12-27(26)38-23/h1-12,17,23H,13-16,18-20H2/b22-17-. The number of rotatable bonds is 6. The molecule has 7 nitrogen and oxygen atoms in total. The summed E-state index contributed by atoms with van der Waals surface area (Å²) < 4.78 is 11.8. The third-order valence-corrected chi connectivity index (χ3v) is 7.37. The number of anilines is 1. The number of halogens is 1. The Morgan fingerprint density at radius 3 is 2.39 bits per heavy atom. The zero-order chi connectivity index (χ0) is 26.1. The van der Waals surface area contributed by atoms with Crippen LogP contribution in [0, 0.1) is 0 Å². The number of carbonyl (C=O) groups excluding carboxylic acids is 2. The number of piperazine rings is 1. The average molecular weight is 530 g/mol. The Balaban J connectivity index is 1.11. The van der Waals surface area contributed by atoms with Crippen molar-refractivity contribution in [2.24, 2.45) is 0 Å². The lowest BCUT2D eigenvalue weighted by atomic mass is 10.1. The summed E-state index contributed by atoms with van der Waals surface area (Å²) in [4.78, 5) is 32.6. The Hall–Kier alpha value is -3.81. The molecule has 8 heteroatoms. The predicted octanol–water partition coefficient (Wildman–Crippen LogP) is 4.52. The van der Waals surface area contributed by atoms with Crippen molar-refractivity contribution in [3.8, 4) is 11.5 Å². The van der Waals surface area contributed by atoms with E-state index in [1.807, 2.05) is 72.8 Å². The van der Waals surface area contributed by atoms with Gasteiger partial charge in [0.2, 0.25) is 0 Å². The van der Waals surface area contributed by atoms with Crippen molar-refractivity contribution in [1.29, 1.82) is 0 Å². The molecule has 2 amide bonds. The van der Waals surface area contributed by atoms with E-state index in [0.29, 0.717) is 29.2 Å². The number of imide groups is 1. The van der Waals surface area contributed by atoms with Gasteiger partial charge in [-0.2, -0.15) is 0 Å². The maximum Gasteiger partial charge on any atom is 0.263 e. The van der Waals surface area contributed by atoms with Gasteiger partial charge in [-0.15, -0.1) is 0 Å². The minimum absolute atomic E-state index is 0.139. The Labute approximate surface area is 226 Å². The number of ether oxygens (including phenoxy) is 2. The Bertz CT molecular complexity index is 1390. The quantitative estimate of drug-likeness (QED) is 0.437. The molecule has 0 bridgehead atoms. The summed E-state index contributed by atoms with van der Waals surface area (Å²) in [5.74, 6) is 0.729. The molecule has 3 aliphatic rings. The fourth-order valence-electron chi connectivity index (χ4n) is 5.24. The molecule has 0 aromatic heterocycles. The van der Waals surface area contributed by atoms with E-state index in [4.69, 9.17) is 21.1 Å². The molecule has 0 N–H and O–H groups in total. The number of nitrogens with zero attached hydrogens (tertiary/aromatic N) is 3. The first-order valence-electron chi connectivity index (χ1n) is 12.8. The van der Waals surface area contributed by atoms with Crippen LogP contribution in [-0.4, -0.2) is 73.6 Å². The molecule has 3 heterocycles. The molecule has 1 atom stereocenters. The molecule has 0 spiro atoms. The highest BCUT2D eigenvalue weighted by atomic mass is 35.5. The fourth-order valence-corrected chi connectivity index (χ4v) is 5.53. The van der Waals surface area contributed by atoms with E-state index in [1.165, 1.54) is 4.90 Å². The van der Waals surface area contributed by atoms with Crippen molar-refractivity contribution < 1.29 is 19.1 Å². The first-order chi connectivity index (χ1) is 18.6. The van der Waals surface area contributed by atoms with Gasteiger partial charge in [0, 0.05) is 37.8 Å². The van der Waals surface area contributed by atoms with Gasteiger partial charge in [-0.1, -0.05) is 60.1 Å². The number of carbonyl (C=O) groups is 2. The highest BCUT2D eigenvalue weighted by Gasteiger charge is 2.40. The van der Waals surface area contributed by atoms with Crippen LogP contribution in [0.5, 0.6) is 11.5 Å². The molecule has 3 aliphatic heterocycles. The number of amides is 2. The average Bonchev–Trinajstić information content (AvgIpc) is 3.19. The zero-order valence-corrected chi connectivity index (χ0v) is 21.6. The van der Waals surface area contributed by atoms with E-state index in [2.05, 4.69) is 9.80 Å². The molecule has 0 radical (unpaired) electrons. The summed E-state index contributed by atoms with van der Waals surface area (Å²) in [5, 5.41) is 0.790. The smallest absolute Gasteiger partial charge is 0.263 e. The second-order valence-electron chi connectivity index (χ2n) is 9.68. The highest BCUT2D eigenvalue weighted by Crippen LogP contribution is 2.35. The molecule has 0 aliphatic carbocycles. The van der Waals surface area contributed by atoms with Crippen LogP contribution in [0.4, 0.5) is 5.69 Å². The van der Waals surface area contributed by atoms with Crippen molar-refractivity contribution >= 4 is 35.2 Å². The van der Waals surface area contributed by atoms with Gasteiger partial charge in [0.05, 0.1) is 23.4 Å². The molecular formula is C30H28ClN3O4. The monoisotopic (exact) mass is 529 g/mol. The first-order valence-corrected chi connectivity index (χ1v) is 13.2. The van der Waals surface area contributed by atoms with Gasteiger partial charge < -0.3 is 14.4 Å². The lowest BCUT2D eigenvalue weighted by Gasteiger charge is -2.36. The molecular weight excluding hydrogens is 502 g/mol. The van der Waals surface area contributed by atoms with Crippen molar-refractivity contribution in [1.82, 2.24) is 9.80 Å². The third kappa shape index (κ3) is 4.87. The van der Waals surface area contributed by atoms with Gasteiger partial charge in [-0.05, 0) is 35.9 Å². The molecule has 6 rings (SSSR count). The summed E-state index contributed by atoms with van der Waals surface area (Å²) in [7, 11) is 0. The van der Waals surface area contributed by atoms with Crippen LogP contribution in [0.3, 0.4) is 0 Å². The molecule has 3 aromatic rings. The summed E-state index contributed by atoms with van der Waals surface area (Å²) in [6, 6.07) is 23.0. The van der Waals surface area contributed by atoms with E-state index in [-0.39, 0.29) is 25.0 Å². The maximum absolute atomic E-state index is 13.5. The number of para-hydroxylation sites is 2. The van der Waals surface area contributed by atoms with Crippen LogP contribution in [-0.2, 0) is 0 Å². The molecule has 194 valence electrons. The molecule has 1 unspecified atom stereocenters. The van der Waals surface area contributed by atoms with Crippen molar-refractivity contribution in [2.75, 3.05) is 50.8 Å². The van der Waals surface area contributed by atoms with E-state index in [1.54, 1.807) is 6.07 Å². The Kier molecular flexibility index (Phi) is 6.79. The van der Waals surface area contributed by atoms with Gasteiger partial charge in [-0.25, -0.2) is 0 Å². The minimum atomic E-state index is -0.423. The van der Waals surface area contributed by atoms with E-state index in [0.717, 1.165) is 42.5 Å². The van der Waals surface area contributed by atoms with Crippen LogP contribution in [0.2, 0.25) is 0 Å². The van der Waals surface area contributed by atoms with Gasteiger partial charge >= 0.3 is 0 Å². The summed E-state index contributed by atoms with van der Waals surface area (Å²) in [6.45, 7) is 4.19. The summed E-state index contributed by atoms with van der Waals surface area (Å²) in [5.41, 5.74) is 2.81. The lowest BCUT2D eigenvalue weighted by Crippen LogP contribution is -2.47. The zero-order valence-electron chi connectivity index (χ0n) is 20.9. The summed E-state index contributed by atoms with van der Waals surface area (Å²) in [6.07, 6.45) is 1.57. The topological polar surface area (TPSA) is 62.3 Å². The SMILES string of the molecule is O=C1c2cccc(N3CCN(C/C(Cl)=C/c4ccccc4)CC3)c2C(=O)N1CC1COc2ccccc2O1. The van der Waals surface area contributed by atoms with Crippen LogP contribution in [0.25, 0.3) is 6.08 Å². The molecule has 0 saturated carbocycles. The van der Waals surface area contributed by atoms with Crippen molar-refractivity contribution in [3.05, 3.63) is 94.5 Å². The van der Waals surface area contributed by atoms with Crippen molar-refractivity contribution in [2.45, 2.75) is 6.10 Å². The number of hydrogen-bond acceptors (Lipinski definition) is 6. The first kappa shape index (κ1) is 24.5. The molecule has 38 heavy (non-hydrogen) atoms. The van der Waals surface area contributed by atoms with E-state index >= 15 is 0 Å².